The van der Waals surface area contributed by atoms with Gasteiger partial charge in [-0.3, -0.25) is 14.4 Å². The van der Waals surface area contributed by atoms with E-state index in [1.165, 1.54) is 218 Å². The molecule has 0 N–H and O–H groups in total. The molecule has 1 atom stereocenters. The van der Waals surface area contributed by atoms with E-state index in [9.17, 15) is 14.4 Å². The first kappa shape index (κ1) is 72.1. The van der Waals surface area contributed by atoms with Gasteiger partial charge < -0.3 is 14.2 Å². The summed E-state index contributed by atoms with van der Waals surface area (Å²) in [4.78, 5) is 38.3. The molecule has 0 aliphatic heterocycles. The van der Waals surface area contributed by atoms with Crippen molar-refractivity contribution in [2.75, 3.05) is 13.2 Å². The number of allylic oxidation sites excluding steroid dienone is 10. The highest BCUT2D eigenvalue weighted by Crippen LogP contribution is 2.18. The second-order valence-corrected chi connectivity index (χ2v) is 22.0. The third-order valence-electron chi connectivity index (χ3n) is 14.5. The van der Waals surface area contributed by atoms with Crippen molar-refractivity contribution >= 4 is 17.9 Å². The summed E-state index contributed by atoms with van der Waals surface area (Å²) in [5.41, 5.74) is 0. The molecule has 0 bridgehead atoms. The Bertz CT molecular complexity index is 1340. The van der Waals surface area contributed by atoms with Gasteiger partial charge in [0.2, 0.25) is 0 Å². The highest BCUT2D eigenvalue weighted by molar-refractivity contribution is 5.71. The largest absolute Gasteiger partial charge is 0.462 e. The van der Waals surface area contributed by atoms with Crippen LogP contribution in [0.4, 0.5) is 0 Å². The fraction of sp³-hybridized carbons (Fsp3) is 0.812. The minimum absolute atomic E-state index is 0.0840. The molecule has 0 aliphatic rings. The van der Waals surface area contributed by atoms with Crippen LogP contribution in [-0.4, -0.2) is 37.2 Å². The van der Waals surface area contributed by atoms with Gasteiger partial charge in [-0.15, -0.1) is 0 Å². The molecule has 436 valence electrons. The van der Waals surface area contributed by atoms with Crippen LogP contribution in [0.5, 0.6) is 0 Å². The number of hydrogen-bond acceptors (Lipinski definition) is 6. The maximum Gasteiger partial charge on any atom is 0.306 e. The lowest BCUT2D eigenvalue weighted by atomic mass is 10.0. The summed E-state index contributed by atoms with van der Waals surface area (Å²) in [7, 11) is 0. The van der Waals surface area contributed by atoms with Crippen molar-refractivity contribution in [1.82, 2.24) is 0 Å². The molecular weight excluding hydrogens is 925 g/mol. The molecule has 6 heteroatoms. The average molecular weight is 1050 g/mol. The summed E-state index contributed by atoms with van der Waals surface area (Å²) >= 11 is 0. The maximum atomic E-state index is 12.9. The average Bonchev–Trinajstić information content (AvgIpc) is 3.41. The zero-order valence-electron chi connectivity index (χ0n) is 50.1. The van der Waals surface area contributed by atoms with E-state index in [4.69, 9.17) is 14.2 Å². The van der Waals surface area contributed by atoms with Crippen molar-refractivity contribution in [1.29, 1.82) is 0 Å². The van der Waals surface area contributed by atoms with Gasteiger partial charge >= 0.3 is 17.9 Å². The molecule has 0 unspecified atom stereocenters. The number of hydrogen-bond donors (Lipinski definition) is 0. The smallest absolute Gasteiger partial charge is 0.306 e. The van der Waals surface area contributed by atoms with E-state index < -0.39 is 6.10 Å². The summed E-state index contributed by atoms with van der Waals surface area (Å²) in [5, 5.41) is 0. The first-order chi connectivity index (χ1) is 37.0. The van der Waals surface area contributed by atoms with Gasteiger partial charge in [0, 0.05) is 19.3 Å². The first-order valence-electron chi connectivity index (χ1n) is 32.8. The number of esters is 3. The first-order valence-corrected chi connectivity index (χ1v) is 32.8. The van der Waals surface area contributed by atoms with Crippen molar-refractivity contribution < 1.29 is 28.6 Å². The molecule has 0 rings (SSSR count). The fourth-order valence-electron chi connectivity index (χ4n) is 9.61. The van der Waals surface area contributed by atoms with Crippen LogP contribution in [0, 0.1) is 0 Å². The number of carbonyl (C=O) groups excluding carboxylic acids is 3. The minimum Gasteiger partial charge on any atom is -0.462 e. The highest BCUT2D eigenvalue weighted by Gasteiger charge is 2.19. The van der Waals surface area contributed by atoms with Crippen molar-refractivity contribution in [3.63, 3.8) is 0 Å². The normalized spacial score (nSPS) is 12.4. The lowest BCUT2D eigenvalue weighted by Crippen LogP contribution is -2.30. The second-order valence-electron chi connectivity index (χ2n) is 22.0. The fourth-order valence-corrected chi connectivity index (χ4v) is 9.61. The standard InChI is InChI=1S/C69H124O6/c1-4-7-10-13-16-19-22-25-28-30-32-34-36-38-41-44-47-50-53-56-59-62-68(71)74-65-66(64-73-67(70)61-58-55-52-49-46-43-40-27-24-21-18-15-12-9-6-3)75-69(72)63-60-57-54-51-48-45-42-39-37-35-33-31-29-26-23-20-17-14-11-8-5-2/h9,12,18,21,26-27,29,40,46,49,66H,4-8,10-11,13-17,19-20,22-25,28,30-39,41-45,47-48,50-65H2,1-3H3/b12-9-,21-18-,29-26-,40-27-,49-46-/t66-/m1/s1. The van der Waals surface area contributed by atoms with Crippen LogP contribution >= 0.6 is 0 Å². The molecule has 0 aromatic heterocycles. The Labute approximate surface area is 466 Å². The third kappa shape index (κ3) is 61.8. The zero-order valence-corrected chi connectivity index (χ0v) is 50.1. The molecule has 0 aliphatic carbocycles. The molecule has 0 fully saturated rings. The van der Waals surface area contributed by atoms with E-state index in [0.717, 1.165) is 83.5 Å². The van der Waals surface area contributed by atoms with Crippen LogP contribution < -0.4 is 0 Å². The van der Waals surface area contributed by atoms with E-state index in [-0.39, 0.29) is 31.1 Å². The Morgan fingerprint density at radius 3 is 0.853 bits per heavy atom. The van der Waals surface area contributed by atoms with Crippen LogP contribution in [0.25, 0.3) is 0 Å². The summed E-state index contributed by atoms with van der Waals surface area (Å²) < 4.78 is 16.9. The number of unbranched alkanes of at least 4 members (excludes halogenated alkanes) is 39. The van der Waals surface area contributed by atoms with Crippen molar-refractivity contribution in [2.24, 2.45) is 0 Å². The Balaban J connectivity index is 4.34. The van der Waals surface area contributed by atoms with Gasteiger partial charge in [0.1, 0.15) is 13.2 Å². The number of rotatable bonds is 60. The van der Waals surface area contributed by atoms with Gasteiger partial charge in [-0.05, 0) is 83.5 Å². The Hall–Kier alpha value is -2.89. The van der Waals surface area contributed by atoms with Gasteiger partial charge in [0.15, 0.2) is 6.10 Å². The minimum atomic E-state index is -0.791. The van der Waals surface area contributed by atoms with Crippen molar-refractivity contribution in [3.8, 4) is 0 Å². The lowest BCUT2D eigenvalue weighted by Gasteiger charge is -2.18. The molecule has 0 saturated heterocycles. The topological polar surface area (TPSA) is 78.9 Å². The summed E-state index contributed by atoms with van der Waals surface area (Å²) in [5.74, 6) is -0.908. The van der Waals surface area contributed by atoms with E-state index >= 15 is 0 Å². The van der Waals surface area contributed by atoms with Crippen LogP contribution in [-0.2, 0) is 28.6 Å². The number of carbonyl (C=O) groups is 3. The molecule has 6 nitrogen and oxygen atoms in total. The molecule has 0 amide bonds. The Morgan fingerprint density at radius 2 is 0.520 bits per heavy atom. The SMILES string of the molecule is CC/C=C\C/C=C\C/C=C\C/C=C\CCCCC(=O)OC[C@H](COC(=O)CCCCCCCCCCCCCCCCCCCCCCC)OC(=O)CCCCCCCCCCCCC/C=C\CCCCCCCC. The molecule has 0 aromatic carbocycles. The van der Waals surface area contributed by atoms with E-state index in [0.29, 0.717) is 19.3 Å². The van der Waals surface area contributed by atoms with Crippen LogP contribution in [0.2, 0.25) is 0 Å². The highest BCUT2D eigenvalue weighted by atomic mass is 16.6. The molecular formula is C69H124O6. The maximum absolute atomic E-state index is 12.9. The molecule has 0 heterocycles. The van der Waals surface area contributed by atoms with Gasteiger partial charge in [-0.1, -0.05) is 300 Å². The molecule has 0 spiro atoms. The second kappa shape index (κ2) is 63.6. The molecule has 0 aromatic rings. The predicted octanol–water partition coefficient (Wildman–Crippen LogP) is 22.3. The Morgan fingerprint density at radius 1 is 0.280 bits per heavy atom. The molecule has 75 heavy (non-hydrogen) atoms. The summed E-state index contributed by atoms with van der Waals surface area (Å²) in [6.07, 6.45) is 80.9. The molecule has 0 saturated carbocycles. The van der Waals surface area contributed by atoms with E-state index in [1.54, 1.807) is 0 Å². The van der Waals surface area contributed by atoms with E-state index in [2.05, 4.69) is 81.5 Å². The van der Waals surface area contributed by atoms with Crippen LogP contribution in [0.3, 0.4) is 0 Å². The van der Waals surface area contributed by atoms with Crippen molar-refractivity contribution in [2.45, 2.75) is 348 Å². The third-order valence-corrected chi connectivity index (χ3v) is 14.5. The summed E-state index contributed by atoms with van der Waals surface area (Å²) in [6.45, 7) is 6.54. The van der Waals surface area contributed by atoms with Crippen LogP contribution in [0.1, 0.15) is 342 Å². The predicted molar refractivity (Wildman–Crippen MR) is 325 cm³/mol. The lowest BCUT2D eigenvalue weighted by molar-refractivity contribution is -0.167. The summed E-state index contributed by atoms with van der Waals surface area (Å²) in [6, 6.07) is 0. The quantitative estimate of drug-likeness (QED) is 0.0261. The Kier molecular flexibility index (Phi) is 61.2. The van der Waals surface area contributed by atoms with Gasteiger partial charge in [-0.25, -0.2) is 0 Å². The van der Waals surface area contributed by atoms with Gasteiger partial charge in [0.25, 0.3) is 0 Å². The van der Waals surface area contributed by atoms with Gasteiger partial charge in [-0.2, -0.15) is 0 Å². The molecule has 0 radical (unpaired) electrons. The van der Waals surface area contributed by atoms with Gasteiger partial charge in [0.05, 0.1) is 0 Å². The number of ether oxygens (including phenoxy) is 3. The van der Waals surface area contributed by atoms with Crippen molar-refractivity contribution in [3.05, 3.63) is 60.8 Å². The van der Waals surface area contributed by atoms with E-state index in [1.807, 2.05) is 0 Å². The zero-order chi connectivity index (χ0) is 54.3. The van der Waals surface area contributed by atoms with Crippen LogP contribution in [0.15, 0.2) is 60.8 Å². The monoisotopic (exact) mass is 1050 g/mol.